The smallest absolute Gasteiger partial charge is 0.244 e. The lowest BCUT2D eigenvalue weighted by molar-refractivity contribution is 0.456. The van der Waals surface area contributed by atoms with E-state index in [1.807, 2.05) is 11.8 Å². The summed E-state index contributed by atoms with van der Waals surface area (Å²) in [7, 11) is -3.48. The van der Waals surface area contributed by atoms with Gasteiger partial charge >= 0.3 is 0 Å². The fraction of sp³-hybridized carbons (Fsp3) is 0.714. The summed E-state index contributed by atoms with van der Waals surface area (Å²) in [5.74, 6) is 3.16. The van der Waals surface area contributed by atoms with E-state index in [0.717, 1.165) is 37.3 Å². The fourth-order valence-electron chi connectivity index (χ4n) is 2.36. The molecule has 1 aliphatic rings. The second kappa shape index (κ2) is 7.67. The van der Waals surface area contributed by atoms with Gasteiger partial charge in [0.2, 0.25) is 10.0 Å². The van der Waals surface area contributed by atoms with Crippen LogP contribution in [-0.4, -0.2) is 32.5 Å². The van der Waals surface area contributed by atoms with Crippen LogP contribution in [0.4, 0.5) is 0 Å². The Balaban J connectivity index is 2.04. The number of nitrogens with one attached hydrogen (secondary N) is 2. The van der Waals surface area contributed by atoms with Crippen LogP contribution in [0.1, 0.15) is 37.7 Å². The minimum absolute atomic E-state index is 0.0483. The molecule has 0 spiro atoms. The molecular weight excluding hydrogens is 308 g/mol. The molecule has 0 unspecified atom stereocenters. The molecule has 2 heterocycles. The third kappa shape index (κ3) is 4.74. The third-order valence-corrected chi connectivity index (χ3v) is 6.16. The predicted octanol–water partition coefficient (Wildman–Crippen LogP) is 2.26. The van der Waals surface area contributed by atoms with Crippen molar-refractivity contribution in [2.75, 3.05) is 18.1 Å². The van der Waals surface area contributed by atoms with Crippen molar-refractivity contribution in [2.24, 2.45) is 0 Å². The summed E-state index contributed by atoms with van der Waals surface area (Å²) >= 11 is 1.88. The van der Waals surface area contributed by atoms with Gasteiger partial charge in [-0.2, -0.15) is 11.8 Å². The Bertz CT molecular complexity index is 549. The van der Waals surface area contributed by atoms with Gasteiger partial charge in [-0.3, -0.25) is 0 Å². The molecule has 0 bridgehead atoms. The van der Waals surface area contributed by atoms with Crippen LogP contribution >= 0.6 is 11.8 Å². The van der Waals surface area contributed by atoms with Gasteiger partial charge in [0, 0.05) is 12.1 Å². The molecule has 1 aromatic heterocycles. The van der Waals surface area contributed by atoms with Gasteiger partial charge in [0.05, 0.1) is 6.54 Å². The van der Waals surface area contributed by atoms with Crippen molar-refractivity contribution in [1.29, 1.82) is 0 Å². The molecule has 2 N–H and O–H groups in total. The fourth-order valence-corrected chi connectivity index (χ4v) is 4.98. The average molecular weight is 332 g/mol. The van der Waals surface area contributed by atoms with Gasteiger partial charge in [-0.15, -0.1) is 0 Å². The van der Waals surface area contributed by atoms with E-state index in [1.165, 1.54) is 0 Å². The molecule has 0 amide bonds. The summed E-state index contributed by atoms with van der Waals surface area (Å²) < 4.78 is 33.3. The molecule has 21 heavy (non-hydrogen) atoms. The van der Waals surface area contributed by atoms with E-state index in [-0.39, 0.29) is 10.9 Å². The summed E-state index contributed by atoms with van der Waals surface area (Å²) in [6, 6.07) is 1.69. The van der Waals surface area contributed by atoms with Crippen molar-refractivity contribution in [2.45, 2.75) is 50.6 Å². The maximum absolute atomic E-state index is 12.5. The van der Waals surface area contributed by atoms with Crippen molar-refractivity contribution in [1.82, 2.24) is 10.0 Å². The molecule has 1 saturated heterocycles. The van der Waals surface area contributed by atoms with Gasteiger partial charge in [-0.05, 0) is 44.2 Å². The van der Waals surface area contributed by atoms with E-state index in [0.29, 0.717) is 18.1 Å². The second-order valence-corrected chi connectivity index (χ2v) is 8.23. The molecule has 1 fully saturated rings. The first kappa shape index (κ1) is 16.9. The van der Waals surface area contributed by atoms with Crippen molar-refractivity contribution in [3.05, 3.63) is 17.6 Å². The van der Waals surface area contributed by atoms with Crippen molar-refractivity contribution >= 4 is 21.8 Å². The zero-order chi connectivity index (χ0) is 15.3. The molecule has 1 aliphatic heterocycles. The van der Waals surface area contributed by atoms with Crippen LogP contribution in [0.15, 0.2) is 15.4 Å². The van der Waals surface area contributed by atoms with Crippen LogP contribution in [0.5, 0.6) is 0 Å². The predicted molar refractivity (Wildman–Crippen MR) is 86.1 cm³/mol. The molecular formula is C14H24N2O3S2. The SMILES string of the molecule is CCCNCc1cc(S(=O)(=O)NC2CCSCC2)c(C)o1. The highest BCUT2D eigenvalue weighted by Gasteiger charge is 2.25. The van der Waals surface area contributed by atoms with E-state index >= 15 is 0 Å². The standard InChI is InChI=1S/C14H24N2O3S2/c1-3-6-15-10-13-9-14(11(2)19-13)21(17,18)16-12-4-7-20-8-5-12/h9,12,15-16H,3-8,10H2,1-2H3. The average Bonchev–Trinajstić information content (AvgIpc) is 2.82. The monoisotopic (exact) mass is 332 g/mol. The normalized spacial score (nSPS) is 17.2. The number of hydrogen-bond acceptors (Lipinski definition) is 5. The van der Waals surface area contributed by atoms with Gasteiger partial charge in [0.25, 0.3) is 0 Å². The van der Waals surface area contributed by atoms with Crippen LogP contribution in [-0.2, 0) is 16.6 Å². The van der Waals surface area contributed by atoms with Crippen LogP contribution in [0.25, 0.3) is 0 Å². The molecule has 5 nitrogen and oxygen atoms in total. The highest BCUT2D eigenvalue weighted by Crippen LogP contribution is 2.23. The molecule has 120 valence electrons. The quantitative estimate of drug-likeness (QED) is 0.750. The summed E-state index contributed by atoms with van der Waals surface area (Å²) in [6.45, 7) is 5.24. The lowest BCUT2D eigenvalue weighted by Gasteiger charge is -2.22. The number of hydrogen-bond donors (Lipinski definition) is 2. The Hall–Kier alpha value is -0.500. The first-order chi connectivity index (χ1) is 10.0. The Morgan fingerprint density at radius 2 is 2.10 bits per heavy atom. The largest absolute Gasteiger partial charge is 0.464 e. The topological polar surface area (TPSA) is 71.3 Å². The third-order valence-electron chi connectivity index (χ3n) is 3.48. The lowest BCUT2D eigenvalue weighted by Crippen LogP contribution is -2.37. The van der Waals surface area contributed by atoms with Crippen LogP contribution in [0.3, 0.4) is 0 Å². The molecule has 7 heteroatoms. The van der Waals surface area contributed by atoms with Gasteiger partial charge in [-0.1, -0.05) is 6.92 Å². The van der Waals surface area contributed by atoms with Crippen LogP contribution in [0.2, 0.25) is 0 Å². The summed E-state index contributed by atoms with van der Waals surface area (Å²) in [4.78, 5) is 0.272. The molecule has 2 rings (SSSR count). The van der Waals surface area contributed by atoms with Crippen LogP contribution < -0.4 is 10.0 Å². The van der Waals surface area contributed by atoms with Crippen molar-refractivity contribution in [3.8, 4) is 0 Å². The number of rotatable bonds is 7. The zero-order valence-corrected chi connectivity index (χ0v) is 14.3. The lowest BCUT2D eigenvalue weighted by atomic mass is 10.2. The Morgan fingerprint density at radius 3 is 2.76 bits per heavy atom. The van der Waals surface area contributed by atoms with E-state index in [9.17, 15) is 8.42 Å². The van der Waals surface area contributed by atoms with Gasteiger partial charge in [-0.25, -0.2) is 13.1 Å². The van der Waals surface area contributed by atoms with E-state index in [2.05, 4.69) is 17.0 Å². The molecule has 1 aromatic rings. The number of furan rings is 1. The molecule has 0 aliphatic carbocycles. The zero-order valence-electron chi connectivity index (χ0n) is 12.6. The summed E-state index contributed by atoms with van der Waals surface area (Å²) in [5.41, 5.74) is 0. The van der Waals surface area contributed by atoms with Crippen LogP contribution in [0, 0.1) is 6.92 Å². The van der Waals surface area contributed by atoms with E-state index < -0.39 is 10.0 Å². The van der Waals surface area contributed by atoms with E-state index in [1.54, 1.807) is 13.0 Å². The minimum Gasteiger partial charge on any atom is -0.464 e. The van der Waals surface area contributed by atoms with Crippen molar-refractivity contribution in [3.63, 3.8) is 0 Å². The highest BCUT2D eigenvalue weighted by atomic mass is 32.2. The Labute approximate surface area is 131 Å². The summed E-state index contributed by atoms with van der Waals surface area (Å²) in [5, 5.41) is 3.21. The highest BCUT2D eigenvalue weighted by molar-refractivity contribution is 7.99. The van der Waals surface area contributed by atoms with E-state index in [4.69, 9.17) is 4.42 Å². The maximum atomic E-state index is 12.5. The molecule has 0 aromatic carbocycles. The molecule has 0 atom stereocenters. The van der Waals surface area contributed by atoms with Crippen molar-refractivity contribution < 1.29 is 12.8 Å². The number of aryl methyl sites for hydroxylation is 1. The van der Waals surface area contributed by atoms with Gasteiger partial charge in [0.1, 0.15) is 16.4 Å². The first-order valence-corrected chi connectivity index (χ1v) is 10.1. The number of sulfonamides is 1. The minimum atomic E-state index is -3.48. The summed E-state index contributed by atoms with van der Waals surface area (Å²) in [6.07, 6.45) is 2.82. The Kier molecular flexibility index (Phi) is 6.16. The first-order valence-electron chi connectivity index (χ1n) is 7.43. The second-order valence-electron chi connectivity index (χ2n) is 5.32. The number of thioether (sulfide) groups is 1. The van der Waals surface area contributed by atoms with Gasteiger partial charge < -0.3 is 9.73 Å². The Morgan fingerprint density at radius 1 is 1.38 bits per heavy atom. The maximum Gasteiger partial charge on any atom is 0.244 e. The molecule has 0 radical (unpaired) electrons. The molecule has 0 saturated carbocycles. The van der Waals surface area contributed by atoms with Gasteiger partial charge in [0.15, 0.2) is 0 Å².